The Bertz CT molecular complexity index is 426. The number of carbonyl (C=O) groups excluding carboxylic acids is 1. The third kappa shape index (κ3) is 1.51. The van der Waals surface area contributed by atoms with Crippen LogP contribution in [0.25, 0.3) is 0 Å². The number of fused-ring (bicyclic) bond motifs is 1. The van der Waals surface area contributed by atoms with Crippen molar-refractivity contribution in [2.24, 2.45) is 4.99 Å². The van der Waals surface area contributed by atoms with E-state index < -0.39 is 0 Å². The van der Waals surface area contributed by atoms with Gasteiger partial charge in [0.1, 0.15) is 6.54 Å². The average molecular weight is 209 g/mol. The van der Waals surface area contributed by atoms with Gasteiger partial charge in [-0.1, -0.05) is 23.7 Å². The molecule has 14 heavy (non-hydrogen) atoms. The Morgan fingerprint density at radius 2 is 2.29 bits per heavy atom. The lowest BCUT2D eigenvalue weighted by atomic mass is 10.1. The number of carbonyl (C=O) groups is 1. The van der Waals surface area contributed by atoms with Gasteiger partial charge in [0.05, 0.1) is 10.7 Å². The van der Waals surface area contributed by atoms with Crippen LogP contribution in [0.1, 0.15) is 12.5 Å². The molecule has 1 aromatic carbocycles. The van der Waals surface area contributed by atoms with Crippen molar-refractivity contribution in [2.75, 3.05) is 11.9 Å². The largest absolute Gasteiger partial charge is 0.323 e. The lowest BCUT2D eigenvalue weighted by molar-refractivity contribution is -0.114. The van der Waals surface area contributed by atoms with E-state index in [1.54, 1.807) is 6.07 Å². The van der Waals surface area contributed by atoms with Crippen molar-refractivity contribution in [1.82, 2.24) is 0 Å². The number of hydrogen-bond donors (Lipinski definition) is 1. The van der Waals surface area contributed by atoms with Gasteiger partial charge in [0.2, 0.25) is 5.91 Å². The molecule has 0 spiro atoms. The summed E-state index contributed by atoms with van der Waals surface area (Å²) >= 11 is 5.98. The van der Waals surface area contributed by atoms with E-state index in [-0.39, 0.29) is 12.5 Å². The van der Waals surface area contributed by atoms with Crippen LogP contribution in [0.2, 0.25) is 5.02 Å². The van der Waals surface area contributed by atoms with Crippen LogP contribution in [0.5, 0.6) is 0 Å². The van der Waals surface area contributed by atoms with E-state index in [1.807, 2.05) is 19.1 Å². The van der Waals surface area contributed by atoms with Crippen molar-refractivity contribution in [3.63, 3.8) is 0 Å². The molecule has 0 fully saturated rings. The first-order chi connectivity index (χ1) is 6.68. The zero-order valence-corrected chi connectivity index (χ0v) is 8.43. The van der Waals surface area contributed by atoms with Gasteiger partial charge in [-0.25, -0.2) is 0 Å². The number of anilines is 1. The van der Waals surface area contributed by atoms with E-state index in [2.05, 4.69) is 10.3 Å². The normalized spacial score (nSPS) is 15.3. The van der Waals surface area contributed by atoms with Crippen LogP contribution in [-0.4, -0.2) is 18.2 Å². The fourth-order valence-electron chi connectivity index (χ4n) is 1.41. The second-order valence-corrected chi connectivity index (χ2v) is 3.52. The van der Waals surface area contributed by atoms with Crippen LogP contribution in [0, 0.1) is 0 Å². The molecule has 0 radical (unpaired) electrons. The summed E-state index contributed by atoms with van der Waals surface area (Å²) in [7, 11) is 0. The molecule has 1 aliphatic heterocycles. The minimum absolute atomic E-state index is 0.129. The summed E-state index contributed by atoms with van der Waals surface area (Å²) in [4.78, 5) is 15.4. The van der Waals surface area contributed by atoms with Gasteiger partial charge in [0, 0.05) is 11.3 Å². The molecule has 1 N–H and O–H groups in total. The molecule has 4 heteroatoms. The predicted octanol–water partition coefficient (Wildman–Crippen LogP) is 2.10. The second-order valence-electron chi connectivity index (χ2n) is 3.11. The molecule has 0 bridgehead atoms. The SMILES string of the molecule is CC1=NCC(=O)Nc2c(Cl)cccc21. The number of benzene rings is 1. The molecule has 1 aromatic rings. The number of para-hydroxylation sites is 1. The van der Waals surface area contributed by atoms with E-state index in [9.17, 15) is 4.79 Å². The number of aliphatic imine (C=N–C) groups is 1. The number of benzodiazepines with no additional fused rings is 1. The molecule has 1 amide bonds. The Balaban J connectivity index is 2.62. The molecule has 0 aromatic heterocycles. The lowest BCUT2D eigenvalue weighted by Gasteiger charge is -2.08. The van der Waals surface area contributed by atoms with Crippen LogP contribution in [0.15, 0.2) is 23.2 Å². The van der Waals surface area contributed by atoms with Gasteiger partial charge in [0.25, 0.3) is 0 Å². The third-order valence-electron chi connectivity index (χ3n) is 2.13. The van der Waals surface area contributed by atoms with E-state index in [0.29, 0.717) is 10.7 Å². The monoisotopic (exact) mass is 208 g/mol. The van der Waals surface area contributed by atoms with Gasteiger partial charge in [-0.2, -0.15) is 0 Å². The highest BCUT2D eigenvalue weighted by atomic mass is 35.5. The predicted molar refractivity (Wildman–Crippen MR) is 57.2 cm³/mol. The van der Waals surface area contributed by atoms with Crippen LogP contribution < -0.4 is 5.32 Å². The number of nitrogens with one attached hydrogen (secondary N) is 1. The molecule has 2 rings (SSSR count). The molecule has 0 saturated carbocycles. The number of rotatable bonds is 0. The summed E-state index contributed by atoms with van der Waals surface area (Å²) in [6, 6.07) is 5.49. The summed E-state index contributed by atoms with van der Waals surface area (Å²) in [6.45, 7) is 2.03. The first kappa shape index (κ1) is 9.21. The lowest BCUT2D eigenvalue weighted by Crippen LogP contribution is -2.13. The van der Waals surface area contributed by atoms with Crippen molar-refractivity contribution in [3.05, 3.63) is 28.8 Å². The van der Waals surface area contributed by atoms with Gasteiger partial charge in [-0.3, -0.25) is 9.79 Å². The fourth-order valence-corrected chi connectivity index (χ4v) is 1.63. The smallest absolute Gasteiger partial charge is 0.246 e. The Morgan fingerprint density at radius 1 is 1.50 bits per heavy atom. The average Bonchev–Trinajstić information content (AvgIpc) is 2.30. The fraction of sp³-hybridized carbons (Fsp3) is 0.200. The standard InChI is InChI=1S/C10H9ClN2O/c1-6-7-3-2-4-8(11)10(7)13-9(14)5-12-6/h2-4H,5H2,1H3,(H,13,14). The van der Waals surface area contributed by atoms with E-state index in [4.69, 9.17) is 11.6 Å². The van der Waals surface area contributed by atoms with Crippen molar-refractivity contribution in [3.8, 4) is 0 Å². The van der Waals surface area contributed by atoms with Crippen molar-refractivity contribution < 1.29 is 4.79 Å². The Morgan fingerprint density at radius 3 is 3.07 bits per heavy atom. The summed E-state index contributed by atoms with van der Waals surface area (Å²) in [5.74, 6) is -0.129. The number of nitrogens with zero attached hydrogens (tertiary/aromatic N) is 1. The van der Waals surface area contributed by atoms with E-state index in [1.165, 1.54) is 0 Å². The zero-order valence-electron chi connectivity index (χ0n) is 7.67. The number of amides is 1. The third-order valence-corrected chi connectivity index (χ3v) is 2.44. The molecule has 1 heterocycles. The van der Waals surface area contributed by atoms with Crippen LogP contribution in [0.3, 0.4) is 0 Å². The molecule has 0 unspecified atom stereocenters. The number of halogens is 1. The molecule has 0 atom stereocenters. The maximum Gasteiger partial charge on any atom is 0.246 e. The second kappa shape index (κ2) is 3.42. The summed E-state index contributed by atoms with van der Waals surface area (Å²) in [5, 5.41) is 3.28. The molecule has 1 aliphatic rings. The van der Waals surface area contributed by atoms with Gasteiger partial charge < -0.3 is 5.32 Å². The zero-order chi connectivity index (χ0) is 10.1. The number of hydrogen-bond acceptors (Lipinski definition) is 2. The summed E-state index contributed by atoms with van der Waals surface area (Å²) < 4.78 is 0. The highest BCUT2D eigenvalue weighted by Crippen LogP contribution is 2.27. The minimum Gasteiger partial charge on any atom is -0.323 e. The Hall–Kier alpha value is -1.35. The topological polar surface area (TPSA) is 41.5 Å². The summed E-state index contributed by atoms with van der Waals surface area (Å²) in [6.07, 6.45) is 0. The quantitative estimate of drug-likeness (QED) is 0.697. The van der Waals surface area contributed by atoms with Gasteiger partial charge in [-0.15, -0.1) is 0 Å². The highest BCUT2D eigenvalue weighted by molar-refractivity contribution is 6.35. The molecule has 0 saturated heterocycles. The van der Waals surface area contributed by atoms with Crippen LogP contribution >= 0.6 is 11.6 Å². The highest BCUT2D eigenvalue weighted by Gasteiger charge is 2.15. The van der Waals surface area contributed by atoms with Crippen molar-refractivity contribution in [2.45, 2.75) is 6.92 Å². The molecule has 72 valence electrons. The maximum absolute atomic E-state index is 11.3. The molecular weight excluding hydrogens is 200 g/mol. The molecule has 0 aliphatic carbocycles. The summed E-state index contributed by atoms with van der Waals surface area (Å²) in [5.41, 5.74) is 2.39. The van der Waals surface area contributed by atoms with Crippen LogP contribution in [0.4, 0.5) is 5.69 Å². The minimum atomic E-state index is -0.129. The van der Waals surface area contributed by atoms with Gasteiger partial charge >= 0.3 is 0 Å². The molecule has 3 nitrogen and oxygen atoms in total. The Labute approximate surface area is 86.8 Å². The van der Waals surface area contributed by atoms with Crippen molar-refractivity contribution in [1.29, 1.82) is 0 Å². The first-order valence-corrected chi connectivity index (χ1v) is 4.66. The van der Waals surface area contributed by atoms with E-state index in [0.717, 1.165) is 11.3 Å². The maximum atomic E-state index is 11.3. The van der Waals surface area contributed by atoms with E-state index >= 15 is 0 Å². The van der Waals surface area contributed by atoms with Crippen molar-refractivity contribution >= 4 is 28.9 Å². The van der Waals surface area contributed by atoms with Gasteiger partial charge in [0.15, 0.2) is 0 Å². The van der Waals surface area contributed by atoms with Crippen LogP contribution in [-0.2, 0) is 4.79 Å². The van der Waals surface area contributed by atoms with Gasteiger partial charge in [-0.05, 0) is 13.0 Å². The first-order valence-electron chi connectivity index (χ1n) is 4.28. The molecular formula is C10H9ClN2O. The Kier molecular flexibility index (Phi) is 2.25.